The molecule has 0 atom stereocenters. The number of benzene rings is 1. The lowest BCUT2D eigenvalue weighted by atomic mass is 10.2. The Morgan fingerprint density at radius 1 is 1.44 bits per heavy atom. The van der Waals surface area contributed by atoms with Gasteiger partial charge in [0.25, 0.3) is 0 Å². The van der Waals surface area contributed by atoms with Gasteiger partial charge in [0.05, 0.1) is 12.8 Å². The van der Waals surface area contributed by atoms with E-state index in [1.165, 1.54) is 25.3 Å². The third-order valence-electron chi connectivity index (χ3n) is 1.75. The minimum atomic E-state index is -4.92. The number of hydrogen-bond donors (Lipinski definition) is 2. The predicted octanol–water partition coefficient (Wildman–Crippen LogP) is 1.78. The molecule has 0 aliphatic carbocycles. The molecule has 1 amide bonds. The second kappa shape index (κ2) is 4.30. The van der Waals surface area contributed by atoms with Crippen LogP contribution in [-0.4, -0.2) is 19.2 Å². The van der Waals surface area contributed by atoms with Gasteiger partial charge in [0.2, 0.25) is 0 Å². The summed E-state index contributed by atoms with van der Waals surface area (Å²) in [7, 11) is 1.32. The van der Waals surface area contributed by atoms with E-state index in [0.717, 1.165) is 0 Å². The lowest BCUT2D eigenvalue weighted by Crippen LogP contribution is -2.29. The Labute approximate surface area is 89.2 Å². The molecule has 4 nitrogen and oxygen atoms in total. The second-order valence-corrected chi connectivity index (χ2v) is 2.91. The summed E-state index contributed by atoms with van der Waals surface area (Å²) < 4.78 is 40.6. The van der Waals surface area contributed by atoms with E-state index in [2.05, 4.69) is 0 Å². The van der Waals surface area contributed by atoms with Crippen LogP contribution in [0.25, 0.3) is 0 Å². The van der Waals surface area contributed by atoms with Crippen LogP contribution in [0, 0.1) is 0 Å². The number of ether oxygens (including phenoxy) is 1. The number of nitrogen functional groups attached to an aromatic ring is 1. The molecule has 0 aromatic heterocycles. The fourth-order valence-corrected chi connectivity index (χ4v) is 0.991. The highest BCUT2D eigenvalue weighted by molar-refractivity contribution is 5.95. The van der Waals surface area contributed by atoms with Crippen LogP contribution < -0.4 is 15.8 Å². The first-order chi connectivity index (χ1) is 7.34. The SMILES string of the molecule is COc1cc(NC(=O)C(F)(F)F)ccc1N. The lowest BCUT2D eigenvalue weighted by molar-refractivity contribution is -0.167. The van der Waals surface area contributed by atoms with Crippen LogP contribution in [0.2, 0.25) is 0 Å². The van der Waals surface area contributed by atoms with E-state index in [0.29, 0.717) is 0 Å². The summed E-state index contributed by atoms with van der Waals surface area (Å²) in [5.74, 6) is -1.85. The number of carbonyl (C=O) groups is 1. The van der Waals surface area contributed by atoms with Crippen molar-refractivity contribution in [3.05, 3.63) is 18.2 Å². The first-order valence-corrected chi connectivity index (χ1v) is 4.16. The van der Waals surface area contributed by atoms with Gasteiger partial charge in [0.1, 0.15) is 5.75 Å². The van der Waals surface area contributed by atoms with Crippen LogP contribution >= 0.6 is 0 Å². The number of nitrogens with one attached hydrogen (secondary N) is 1. The van der Waals surface area contributed by atoms with Crippen molar-refractivity contribution in [1.29, 1.82) is 0 Å². The molecule has 16 heavy (non-hydrogen) atoms. The van der Waals surface area contributed by atoms with Gasteiger partial charge in [-0.15, -0.1) is 0 Å². The molecule has 7 heteroatoms. The van der Waals surface area contributed by atoms with Crippen LogP contribution in [0.5, 0.6) is 5.75 Å². The molecule has 0 radical (unpaired) electrons. The molecular formula is C9H9F3N2O2. The van der Waals surface area contributed by atoms with Crippen molar-refractivity contribution >= 4 is 17.3 Å². The Morgan fingerprint density at radius 3 is 2.56 bits per heavy atom. The first kappa shape index (κ1) is 12.2. The quantitative estimate of drug-likeness (QED) is 0.766. The zero-order valence-electron chi connectivity index (χ0n) is 8.26. The first-order valence-electron chi connectivity index (χ1n) is 4.16. The summed E-state index contributed by atoms with van der Waals surface area (Å²) in [4.78, 5) is 10.6. The number of anilines is 2. The molecule has 1 rings (SSSR count). The van der Waals surface area contributed by atoms with Gasteiger partial charge >= 0.3 is 12.1 Å². The molecule has 3 N–H and O–H groups in total. The van der Waals surface area contributed by atoms with Crippen molar-refractivity contribution in [1.82, 2.24) is 0 Å². The third kappa shape index (κ3) is 2.78. The molecule has 0 spiro atoms. The summed E-state index contributed by atoms with van der Waals surface area (Å²) in [6.45, 7) is 0. The van der Waals surface area contributed by atoms with Crippen molar-refractivity contribution in [3.8, 4) is 5.75 Å². The molecule has 0 aliphatic heterocycles. The number of methoxy groups -OCH3 is 1. The maximum atomic E-state index is 11.9. The van der Waals surface area contributed by atoms with E-state index in [-0.39, 0.29) is 17.1 Å². The van der Waals surface area contributed by atoms with Gasteiger partial charge < -0.3 is 15.8 Å². The number of nitrogens with two attached hydrogens (primary N) is 1. The Balaban J connectivity index is 2.87. The highest BCUT2D eigenvalue weighted by Gasteiger charge is 2.38. The predicted molar refractivity (Wildman–Crippen MR) is 52.1 cm³/mol. The summed E-state index contributed by atoms with van der Waals surface area (Å²) in [5.41, 5.74) is 5.69. The Hall–Kier alpha value is -1.92. The summed E-state index contributed by atoms with van der Waals surface area (Å²) in [6, 6.07) is 3.80. The molecule has 1 aromatic rings. The molecule has 0 heterocycles. The molecule has 0 unspecified atom stereocenters. The highest BCUT2D eigenvalue weighted by Crippen LogP contribution is 2.26. The molecule has 0 aliphatic rings. The van der Waals surface area contributed by atoms with Crippen LogP contribution in [0.4, 0.5) is 24.5 Å². The van der Waals surface area contributed by atoms with Crippen molar-refractivity contribution in [2.24, 2.45) is 0 Å². The molecule has 1 aromatic carbocycles. The van der Waals surface area contributed by atoms with Gasteiger partial charge in [-0.25, -0.2) is 0 Å². The summed E-state index contributed by atoms with van der Waals surface area (Å²) in [5, 5.41) is 1.68. The van der Waals surface area contributed by atoms with Gasteiger partial charge in [-0.3, -0.25) is 4.79 Å². The van der Waals surface area contributed by atoms with E-state index in [1.807, 2.05) is 0 Å². The standard InChI is InChI=1S/C9H9F3N2O2/c1-16-7-4-5(2-3-6(7)13)14-8(15)9(10,11)12/h2-4H,13H2,1H3,(H,14,15). The summed E-state index contributed by atoms with van der Waals surface area (Å²) in [6.07, 6.45) is -4.92. The van der Waals surface area contributed by atoms with Crippen LogP contribution in [-0.2, 0) is 4.79 Å². The average Bonchev–Trinajstić information content (AvgIpc) is 2.19. The van der Waals surface area contributed by atoms with Crippen molar-refractivity contribution in [2.75, 3.05) is 18.2 Å². The van der Waals surface area contributed by atoms with Crippen molar-refractivity contribution < 1.29 is 22.7 Å². The number of alkyl halides is 3. The van der Waals surface area contributed by atoms with Gasteiger partial charge in [0.15, 0.2) is 0 Å². The second-order valence-electron chi connectivity index (χ2n) is 2.91. The van der Waals surface area contributed by atoms with Gasteiger partial charge in [-0.05, 0) is 12.1 Å². The molecule has 0 bridgehead atoms. The largest absolute Gasteiger partial charge is 0.495 e. The lowest BCUT2D eigenvalue weighted by Gasteiger charge is -2.10. The number of carbonyl (C=O) groups excluding carboxylic acids is 1. The molecule has 0 fully saturated rings. The number of hydrogen-bond acceptors (Lipinski definition) is 3. The normalized spacial score (nSPS) is 11.0. The van der Waals surface area contributed by atoms with Gasteiger partial charge in [-0.1, -0.05) is 0 Å². The molecule has 88 valence electrons. The average molecular weight is 234 g/mol. The van der Waals surface area contributed by atoms with E-state index in [4.69, 9.17) is 10.5 Å². The maximum Gasteiger partial charge on any atom is 0.471 e. The van der Waals surface area contributed by atoms with E-state index in [1.54, 1.807) is 5.32 Å². The third-order valence-corrected chi connectivity index (χ3v) is 1.75. The number of rotatable bonds is 2. The van der Waals surface area contributed by atoms with E-state index < -0.39 is 12.1 Å². The fourth-order valence-electron chi connectivity index (χ4n) is 0.991. The minimum absolute atomic E-state index is 0.0339. The zero-order valence-corrected chi connectivity index (χ0v) is 8.26. The molecular weight excluding hydrogens is 225 g/mol. The van der Waals surface area contributed by atoms with Crippen LogP contribution in [0.3, 0.4) is 0 Å². The Kier molecular flexibility index (Phi) is 3.26. The Bertz CT molecular complexity index is 404. The van der Waals surface area contributed by atoms with Crippen molar-refractivity contribution in [3.63, 3.8) is 0 Å². The fraction of sp³-hybridized carbons (Fsp3) is 0.222. The van der Waals surface area contributed by atoms with Gasteiger partial charge in [-0.2, -0.15) is 13.2 Å². The maximum absolute atomic E-state index is 11.9. The molecule has 0 saturated heterocycles. The smallest absolute Gasteiger partial charge is 0.471 e. The monoisotopic (exact) mass is 234 g/mol. The number of halogens is 3. The van der Waals surface area contributed by atoms with E-state index >= 15 is 0 Å². The number of amides is 1. The minimum Gasteiger partial charge on any atom is -0.495 e. The molecule has 0 saturated carbocycles. The highest BCUT2D eigenvalue weighted by atomic mass is 19.4. The van der Waals surface area contributed by atoms with Crippen molar-refractivity contribution in [2.45, 2.75) is 6.18 Å². The van der Waals surface area contributed by atoms with Crippen LogP contribution in [0.15, 0.2) is 18.2 Å². The topological polar surface area (TPSA) is 64.3 Å². The summed E-state index contributed by atoms with van der Waals surface area (Å²) >= 11 is 0. The Morgan fingerprint density at radius 2 is 2.06 bits per heavy atom. The van der Waals surface area contributed by atoms with Gasteiger partial charge in [0, 0.05) is 11.8 Å². The van der Waals surface area contributed by atoms with E-state index in [9.17, 15) is 18.0 Å². The zero-order chi connectivity index (χ0) is 12.3. The van der Waals surface area contributed by atoms with Crippen LogP contribution in [0.1, 0.15) is 0 Å².